The van der Waals surface area contributed by atoms with Crippen LogP contribution in [0.2, 0.25) is 0 Å². The Hall–Kier alpha value is -2.50. The lowest BCUT2D eigenvalue weighted by Crippen LogP contribution is -1.95. The zero-order chi connectivity index (χ0) is 11.8. The molecule has 0 amide bonds. The molecule has 0 unspecified atom stereocenters. The molecular formula is C11H10N6. The number of aromatic nitrogens is 5. The molecule has 0 fully saturated rings. The number of rotatable bonds is 1. The van der Waals surface area contributed by atoms with E-state index in [1.807, 2.05) is 19.2 Å². The molecule has 0 aliphatic carbocycles. The van der Waals surface area contributed by atoms with Crippen molar-refractivity contribution in [2.24, 2.45) is 0 Å². The average Bonchev–Trinajstić information content (AvgIpc) is 2.75. The van der Waals surface area contributed by atoms with Crippen molar-refractivity contribution in [3.05, 3.63) is 36.5 Å². The molecule has 0 aliphatic heterocycles. The number of aryl methyl sites for hydroxylation is 1. The van der Waals surface area contributed by atoms with Crippen LogP contribution in [-0.4, -0.2) is 24.6 Å². The molecule has 0 atom stereocenters. The molecule has 0 bridgehead atoms. The molecule has 0 spiro atoms. The highest BCUT2D eigenvalue weighted by atomic mass is 15.3. The van der Waals surface area contributed by atoms with Crippen molar-refractivity contribution in [3.63, 3.8) is 0 Å². The van der Waals surface area contributed by atoms with Gasteiger partial charge in [0.25, 0.3) is 5.78 Å². The van der Waals surface area contributed by atoms with Crippen molar-refractivity contribution in [2.45, 2.75) is 6.92 Å². The Labute approximate surface area is 97.2 Å². The molecular weight excluding hydrogens is 216 g/mol. The Balaban J connectivity index is 2.19. The van der Waals surface area contributed by atoms with Crippen LogP contribution in [0.15, 0.2) is 31.0 Å². The third-order valence-corrected chi connectivity index (χ3v) is 2.59. The maximum Gasteiger partial charge on any atom is 0.254 e. The summed E-state index contributed by atoms with van der Waals surface area (Å²) in [4.78, 5) is 8.30. The van der Waals surface area contributed by atoms with Crippen LogP contribution in [-0.2, 0) is 0 Å². The first kappa shape index (κ1) is 9.71. The fourth-order valence-corrected chi connectivity index (χ4v) is 1.75. The van der Waals surface area contributed by atoms with E-state index in [2.05, 4.69) is 20.2 Å². The number of hydrogen-bond donors (Lipinski definition) is 1. The average molecular weight is 226 g/mol. The van der Waals surface area contributed by atoms with Gasteiger partial charge in [0.2, 0.25) is 0 Å². The molecule has 0 radical (unpaired) electrons. The van der Waals surface area contributed by atoms with E-state index in [1.165, 1.54) is 0 Å². The second-order valence-corrected chi connectivity index (χ2v) is 3.80. The topological polar surface area (TPSA) is 82.0 Å². The smallest absolute Gasteiger partial charge is 0.254 e. The van der Waals surface area contributed by atoms with Crippen LogP contribution in [0.1, 0.15) is 5.56 Å². The van der Waals surface area contributed by atoms with Crippen LogP contribution in [0.4, 0.5) is 5.82 Å². The molecule has 2 N–H and O–H groups in total. The molecule has 3 rings (SSSR count). The van der Waals surface area contributed by atoms with E-state index in [0.717, 1.165) is 16.7 Å². The lowest BCUT2D eigenvalue weighted by Gasteiger charge is -2.05. The predicted octanol–water partition coefficient (Wildman–Crippen LogP) is 1.08. The van der Waals surface area contributed by atoms with Crippen molar-refractivity contribution < 1.29 is 0 Å². The minimum absolute atomic E-state index is 0.518. The zero-order valence-electron chi connectivity index (χ0n) is 9.20. The molecule has 6 nitrogen and oxygen atoms in total. The predicted molar refractivity (Wildman–Crippen MR) is 63.2 cm³/mol. The van der Waals surface area contributed by atoms with Gasteiger partial charge in [-0.2, -0.15) is 0 Å². The molecule has 0 saturated heterocycles. The van der Waals surface area contributed by atoms with E-state index in [0.29, 0.717) is 11.6 Å². The lowest BCUT2D eigenvalue weighted by molar-refractivity contribution is 1.10. The second kappa shape index (κ2) is 3.51. The molecule has 3 heterocycles. The Morgan fingerprint density at radius 1 is 1.24 bits per heavy atom. The molecule has 0 aliphatic rings. The molecule has 3 aromatic heterocycles. The van der Waals surface area contributed by atoms with Crippen molar-refractivity contribution in [1.29, 1.82) is 0 Å². The van der Waals surface area contributed by atoms with Crippen LogP contribution in [0.3, 0.4) is 0 Å². The molecule has 0 saturated carbocycles. The van der Waals surface area contributed by atoms with Crippen molar-refractivity contribution >= 4 is 11.6 Å². The SMILES string of the molecule is Cc1cc(N)ncc1-c1cnc2nncn2c1. The van der Waals surface area contributed by atoms with Gasteiger partial charge in [0.1, 0.15) is 12.1 Å². The quantitative estimate of drug-likeness (QED) is 0.671. The summed E-state index contributed by atoms with van der Waals surface area (Å²) in [6.07, 6.45) is 7.04. The van der Waals surface area contributed by atoms with Crippen LogP contribution in [0.25, 0.3) is 16.9 Å². The Morgan fingerprint density at radius 2 is 2.12 bits per heavy atom. The van der Waals surface area contributed by atoms with Gasteiger partial charge in [0.15, 0.2) is 0 Å². The number of nitrogens with two attached hydrogens (primary N) is 1. The van der Waals surface area contributed by atoms with Gasteiger partial charge in [-0.15, -0.1) is 10.2 Å². The zero-order valence-corrected chi connectivity index (χ0v) is 9.20. The van der Waals surface area contributed by atoms with Crippen LogP contribution >= 0.6 is 0 Å². The van der Waals surface area contributed by atoms with Gasteiger partial charge in [0.05, 0.1) is 0 Å². The van der Waals surface area contributed by atoms with Gasteiger partial charge in [-0.3, -0.25) is 4.40 Å². The number of fused-ring (bicyclic) bond motifs is 1. The Bertz CT molecular complexity index is 687. The summed E-state index contributed by atoms with van der Waals surface area (Å²) in [5.74, 6) is 1.10. The maximum absolute atomic E-state index is 5.63. The highest BCUT2D eigenvalue weighted by Crippen LogP contribution is 2.22. The third kappa shape index (κ3) is 1.59. The summed E-state index contributed by atoms with van der Waals surface area (Å²) in [5.41, 5.74) is 8.65. The van der Waals surface area contributed by atoms with Gasteiger partial charge >= 0.3 is 0 Å². The van der Waals surface area contributed by atoms with Crippen LogP contribution < -0.4 is 5.73 Å². The summed E-state index contributed by atoms with van der Waals surface area (Å²) in [6.45, 7) is 1.99. The van der Waals surface area contributed by atoms with Gasteiger partial charge in [0, 0.05) is 29.7 Å². The first-order chi connectivity index (χ1) is 8.24. The van der Waals surface area contributed by atoms with E-state index >= 15 is 0 Å². The number of hydrogen-bond acceptors (Lipinski definition) is 5. The number of anilines is 1. The van der Waals surface area contributed by atoms with E-state index < -0.39 is 0 Å². The fourth-order valence-electron chi connectivity index (χ4n) is 1.75. The maximum atomic E-state index is 5.63. The first-order valence-electron chi connectivity index (χ1n) is 5.12. The molecule has 0 aromatic carbocycles. The monoisotopic (exact) mass is 226 g/mol. The molecule has 17 heavy (non-hydrogen) atoms. The normalized spacial score (nSPS) is 10.9. The number of pyridine rings is 1. The highest BCUT2D eigenvalue weighted by molar-refractivity contribution is 5.66. The molecule has 3 aromatic rings. The van der Waals surface area contributed by atoms with Gasteiger partial charge < -0.3 is 5.73 Å². The summed E-state index contributed by atoms with van der Waals surface area (Å²) in [5, 5.41) is 7.64. The summed E-state index contributed by atoms with van der Waals surface area (Å²) in [6, 6.07) is 1.84. The van der Waals surface area contributed by atoms with Crippen LogP contribution in [0, 0.1) is 6.92 Å². The lowest BCUT2D eigenvalue weighted by atomic mass is 10.1. The van der Waals surface area contributed by atoms with E-state index in [1.54, 1.807) is 23.1 Å². The largest absolute Gasteiger partial charge is 0.384 e. The van der Waals surface area contributed by atoms with E-state index in [-0.39, 0.29) is 0 Å². The van der Waals surface area contributed by atoms with E-state index in [4.69, 9.17) is 5.73 Å². The van der Waals surface area contributed by atoms with Gasteiger partial charge in [-0.05, 0) is 18.6 Å². The number of nitrogens with zero attached hydrogens (tertiary/aromatic N) is 5. The minimum atomic E-state index is 0.518. The van der Waals surface area contributed by atoms with Gasteiger partial charge in [-0.25, -0.2) is 9.97 Å². The number of nitrogen functional groups attached to an aromatic ring is 1. The van der Waals surface area contributed by atoms with Crippen molar-refractivity contribution in [3.8, 4) is 11.1 Å². The molecule has 6 heteroatoms. The molecule has 84 valence electrons. The Kier molecular flexibility index (Phi) is 2.01. The highest BCUT2D eigenvalue weighted by Gasteiger charge is 2.05. The summed E-state index contributed by atoms with van der Waals surface area (Å²) < 4.78 is 1.77. The standard InChI is InChI=1S/C11H10N6/c1-7-2-10(12)13-4-9(7)8-3-14-11-16-15-6-17(11)5-8/h2-6H,1H3,(H2,12,13). The third-order valence-electron chi connectivity index (χ3n) is 2.59. The second-order valence-electron chi connectivity index (χ2n) is 3.80. The van der Waals surface area contributed by atoms with E-state index in [9.17, 15) is 0 Å². The summed E-state index contributed by atoms with van der Waals surface area (Å²) in [7, 11) is 0. The van der Waals surface area contributed by atoms with Gasteiger partial charge in [-0.1, -0.05) is 0 Å². The van der Waals surface area contributed by atoms with Crippen LogP contribution in [0.5, 0.6) is 0 Å². The van der Waals surface area contributed by atoms with Crippen molar-refractivity contribution in [2.75, 3.05) is 5.73 Å². The Morgan fingerprint density at radius 3 is 2.94 bits per heavy atom. The van der Waals surface area contributed by atoms with Crippen molar-refractivity contribution in [1.82, 2.24) is 24.6 Å². The fraction of sp³-hybridized carbons (Fsp3) is 0.0909. The minimum Gasteiger partial charge on any atom is -0.384 e. The summed E-state index contributed by atoms with van der Waals surface area (Å²) >= 11 is 0. The first-order valence-corrected chi connectivity index (χ1v) is 5.12.